The van der Waals surface area contributed by atoms with E-state index in [1.807, 2.05) is 0 Å². The molecular formula is C10H12N4OS2. The van der Waals surface area contributed by atoms with Gasteiger partial charge in [0.05, 0.1) is 17.1 Å². The lowest BCUT2D eigenvalue weighted by atomic mass is 10.4. The Morgan fingerprint density at radius 2 is 2.35 bits per heavy atom. The topological polar surface area (TPSA) is 80.9 Å². The van der Waals surface area contributed by atoms with Crippen molar-refractivity contribution in [3.8, 4) is 0 Å². The van der Waals surface area contributed by atoms with Crippen LogP contribution in [0.2, 0.25) is 0 Å². The van der Waals surface area contributed by atoms with E-state index in [1.54, 1.807) is 17.1 Å². The molecule has 90 valence electrons. The van der Waals surface area contributed by atoms with E-state index < -0.39 is 0 Å². The number of amides is 1. The molecule has 1 amide bonds. The predicted molar refractivity (Wildman–Crippen MR) is 68.2 cm³/mol. The van der Waals surface area contributed by atoms with Crippen LogP contribution in [0.15, 0.2) is 17.1 Å². The average Bonchev–Trinajstić information content (AvgIpc) is 2.97. The molecule has 2 rings (SSSR count). The lowest BCUT2D eigenvalue weighted by Gasteiger charge is -1.99. The summed E-state index contributed by atoms with van der Waals surface area (Å²) in [6.07, 6.45) is 2.46. The molecule has 0 unspecified atom stereocenters. The van der Waals surface area contributed by atoms with Crippen molar-refractivity contribution in [3.63, 3.8) is 0 Å². The van der Waals surface area contributed by atoms with Gasteiger partial charge in [-0.25, -0.2) is 4.98 Å². The monoisotopic (exact) mass is 268 g/mol. The highest BCUT2D eigenvalue weighted by atomic mass is 32.1. The molecule has 2 aromatic heterocycles. The Morgan fingerprint density at radius 3 is 3.06 bits per heavy atom. The number of nitrogens with one attached hydrogen (secondary N) is 1. The Labute approximate surface area is 107 Å². The maximum atomic E-state index is 11.7. The van der Waals surface area contributed by atoms with E-state index >= 15 is 0 Å². The Balaban J connectivity index is 1.90. The van der Waals surface area contributed by atoms with Crippen molar-refractivity contribution < 1.29 is 4.79 Å². The van der Waals surface area contributed by atoms with Gasteiger partial charge < -0.3 is 11.1 Å². The molecule has 7 heteroatoms. The maximum Gasteiger partial charge on any atom is 0.271 e. The maximum absolute atomic E-state index is 11.7. The fourth-order valence-corrected chi connectivity index (χ4v) is 2.57. The van der Waals surface area contributed by atoms with Crippen LogP contribution in [0.3, 0.4) is 0 Å². The summed E-state index contributed by atoms with van der Waals surface area (Å²) >= 11 is 2.98. The van der Waals surface area contributed by atoms with Crippen molar-refractivity contribution >= 4 is 28.6 Å². The van der Waals surface area contributed by atoms with Crippen molar-refractivity contribution in [3.05, 3.63) is 32.7 Å². The van der Waals surface area contributed by atoms with Gasteiger partial charge in [-0.1, -0.05) is 0 Å². The molecule has 0 aliphatic heterocycles. The smallest absolute Gasteiger partial charge is 0.271 e. The van der Waals surface area contributed by atoms with Gasteiger partial charge in [-0.3, -0.25) is 9.78 Å². The minimum absolute atomic E-state index is 0.155. The fraction of sp³-hybridized carbons (Fsp3) is 0.300. The summed E-state index contributed by atoms with van der Waals surface area (Å²) in [6, 6.07) is 0. The lowest BCUT2D eigenvalue weighted by Crippen LogP contribution is -2.22. The van der Waals surface area contributed by atoms with Crippen molar-refractivity contribution in [1.29, 1.82) is 0 Å². The SMILES string of the molecule is NCCc1nc(C(=O)NCc2cncs2)cs1. The molecule has 0 bridgehead atoms. The lowest BCUT2D eigenvalue weighted by molar-refractivity contribution is 0.0947. The summed E-state index contributed by atoms with van der Waals surface area (Å²) < 4.78 is 0. The van der Waals surface area contributed by atoms with Crippen LogP contribution in [0.25, 0.3) is 0 Å². The molecule has 0 radical (unpaired) electrons. The van der Waals surface area contributed by atoms with Crippen LogP contribution >= 0.6 is 22.7 Å². The van der Waals surface area contributed by atoms with Crippen LogP contribution in [-0.4, -0.2) is 22.4 Å². The number of thiazole rings is 2. The van der Waals surface area contributed by atoms with E-state index in [0.717, 1.165) is 9.88 Å². The van der Waals surface area contributed by atoms with Gasteiger partial charge in [0, 0.05) is 22.9 Å². The van der Waals surface area contributed by atoms with Gasteiger partial charge in [0.1, 0.15) is 5.69 Å². The van der Waals surface area contributed by atoms with Crippen molar-refractivity contribution in [2.24, 2.45) is 5.73 Å². The molecule has 0 aliphatic carbocycles. The van der Waals surface area contributed by atoms with E-state index in [-0.39, 0.29) is 5.91 Å². The minimum Gasteiger partial charge on any atom is -0.346 e. The average molecular weight is 268 g/mol. The van der Waals surface area contributed by atoms with E-state index in [0.29, 0.717) is 25.2 Å². The Kier molecular flexibility index (Phi) is 4.18. The largest absolute Gasteiger partial charge is 0.346 e. The van der Waals surface area contributed by atoms with Gasteiger partial charge in [0.2, 0.25) is 0 Å². The third kappa shape index (κ3) is 3.32. The van der Waals surface area contributed by atoms with E-state index in [9.17, 15) is 4.79 Å². The highest BCUT2D eigenvalue weighted by Gasteiger charge is 2.10. The van der Waals surface area contributed by atoms with Crippen molar-refractivity contribution in [2.45, 2.75) is 13.0 Å². The van der Waals surface area contributed by atoms with E-state index in [2.05, 4.69) is 15.3 Å². The molecule has 5 nitrogen and oxygen atoms in total. The fourth-order valence-electron chi connectivity index (χ4n) is 1.24. The standard InChI is InChI=1S/C10H12N4OS2/c11-2-1-9-14-8(5-16-9)10(15)13-4-7-3-12-6-17-7/h3,5-6H,1-2,4,11H2,(H,13,15). The molecule has 3 N–H and O–H groups in total. The minimum atomic E-state index is -0.155. The number of aromatic nitrogens is 2. The number of carbonyl (C=O) groups excluding carboxylic acids is 1. The third-order valence-electron chi connectivity index (χ3n) is 2.05. The van der Waals surface area contributed by atoms with E-state index in [1.165, 1.54) is 22.7 Å². The number of hydrogen-bond acceptors (Lipinski definition) is 6. The Hall–Kier alpha value is -1.31. The summed E-state index contributed by atoms with van der Waals surface area (Å²) in [5, 5.41) is 5.46. The molecule has 17 heavy (non-hydrogen) atoms. The summed E-state index contributed by atoms with van der Waals surface area (Å²) in [4.78, 5) is 20.9. The second-order valence-corrected chi connectivity index (χ2v) is 5.23. The molecule has 0 fully saturated rings. The molecule has 2 heterocycles. The predicted octanol–water partition coefficient (Wildman–Crippen LogP) is 1.03. The molecule has 0 atom stereocenters. The van der Waals surface area contributed by atoms with Crippen LogP contribution in [-0.2, 0) is 13.0 Å². The zero-order valence-electron chi connectivity index (χ0n) is 9.05. The Morgan fingerprint density at radius 1 is 1.47 bits per heavy atom. The first-order valence-corrected chi connectivity index (χ1v) is 6.85. The van der Waals surface area contributed by atoms with Crippen LogP contribution in [0.1, 0.15) is 20.4 Å². The van der Waals surface area contributed by atoms with Crippen LogP contribution in [0, 0.1) is 0 Å². The second-order valence-electron chi connectivity index (χ2n) is 3.32. The van der Waals surface area contributed by atoms with Gasteiger partial charge in [-0.2, -0.15) is 0 Å². The molecule has 0 saturated carbocycles. The first kappa shape index (κ1) is 12.2. The van der Waals surface area contributed by atoms with Gasteiger partial charge >= 0.3 is 0 Å². The first-order valence-electron chi connectivity index (χ1n) is 5.09. The van der Waals surface area contributed by atoms with Crippen molar-refractivity contribution in [1.82, 2.24) is 15.3 Å². The molecule has 0 aromatic carbocycles. The summed E-state index contributed by atoms with van der Waals surface area (Å²) in [7, 11) is 0. The normalized spacial score (nSPS) is 10.4. The highest BCUT2D eigenvalue weighted by molar-refractivity contribution is 7.10. The summed E-state index contributed by atoms with van der Waals surface area (Å²) in [5.41, 5.74) is 7.63. The molecule has 2 aromatic rings. The Bertz CT molecular complexity index is 480. The van der Waals surface area contributed by atoms with Crippen LogP contribution in [0.4, 0.5) is 0 Å². The van der Waals surface area contributed by atoms with Gasteiger partial charge in [0.25, 0.3) is 5.91 Å². The van der Waals surface area contributed by atoms with Crippen LogP contribution < -0.4 is 11.1 Å². The second kappa shape index (κ2) is 5.85. The number of rotatable bonds is 5. The number of carbonyl (C=O) groups is 1. The number of nitrogens with two attached hydrogens (primary N) is 1. The highest BCUT2D eigenvalue weighted by Crippen LogP contribution is 2.10. The first-order chi connectivity index (χ1) is 8.29. The van der Waals surface area contributed by atoms with Gasteiger partial charge in [-0.15, -0.1) is 22.7 Å². The molecule has 0 saturated heterocycles. The van der Waals surface area contributed by atoms with E-state index in [4.69, 9.17) is 5.73 Å². The zero-order chi connectivity index (χ0) is 12.1. The van der Waals surface area contributed by atoms with Gasteiger partial charge in [-0.05, 0) is 6.54 Å². The van der Waals surface area contributed by atoms with Crippen molar-refractivity contribution in [2.75, 3.05) is 6.54 Å². The third-order valence-corrected chi connectivity index (χ3v) is 3.74. The number of nitrogens with zero attached hydrogens (tertiary/aromatic N) is 2. The van der Waals surface area contributed by atoms with Crippen LogP contribution in [0.5, 0.6) is 0 Å². The quantitative estimate of drug-likeness (QED) is 0.848. The molecule has 0 aliphatic rings. The number of hydrogen-bond donors (Lipinski definition) is 2. The zero-order valence-corrected chi connectivity index (χ0v) is 10.7. The molecular weight excluding hydrogens is 256 g/mol. The van der Waals surface area contributed by atoms with Gasteiger partial charge in [0.15, 0.2) is 0 Å². The molecule has 0 spiro atoms. The summed E-state index contributed by atoms with van der Waals surface area (Å²) in [5.74, 6) is -0.155. The summed E-state index contributed by atoms with van der Waals surface area (Å²) in [6.45, 7) is 1.04.